The molecule has 152 valence electrons. The van der Waals surface area contributed by atoms with Crippen LogP contribution in [0.15, 0.2) is 30.3 Å². The van der Waals surface area contributed by atoms with E-state index in [1.807, 2.05) is 18.9 Å². The van der Waals surface area contributed by atoms with Gasteiger partial charge in [-0.15, -0.1) is 0 Å². The van der Waals surface area contributed by atoms with Crippen LogP contribution in [0.3, 0.4) is 0 Å². The van der Waals surface area contributed by atoms with Crippen LogP contribution in [0.2, 0.25) is 0 Å². The maximum absolute atomic E-state index is 12.5. The highest BCUT2D eigenvalue weighted by atomic mass is 32.2. The zero-order valence-electron chi connectivity index (χ0n) is 16.7. The molecule has 0 aliphatic carbocycles. The molecular weight excluding hydrogens is 376 g/mol. The van der Waals surface area contributed by atoms with Crippen LogP contribution in [0.4, 0.5) is 5.82 Å². The highest BCUT2D eigenvalue weighted by Gasteiger charge is 2.31. The van der Waals surface area contributed by atoms with E-state index < -0.39 is 9.84 Å². The van der Waals surface area contributed by atoms with Crippen LogP contribution in [0, 0.1) is 6.92 Å². The molecule has 1 aliphatic heterocycles. The predicted molar refractivity (Wildman–Crippen MR) is 110 cm³/mol. The normalized spacial score (nSPS) is 18.5. The van der Waals surface area contributed by atoms with Gasteiger partial charge in [-0.25, -0.2) is 13.1 Å². The molecule has 8 heteroatoms. The Hall–Kier alpha value is -2.19. The number of carbonyl (C=O) groups excluding carboxylic acids is 1. The topological polar surface area (TPSA) is 84.3 Å². The van der Waals surface area contributed by atoms with Crippen molar-refractivity contribution in [1.82, 2.24) is 14.7 Å². The maximum atomic E-state index is 12.5. The van der Waals surface area contributed by atoms with E-state index in [0.717, 1.165) is 17.7 Å². The second-order valence-electron chi connectivity index (χ2n) is 7.56. The van der Waals surface area contributed by atoms with Crippen molar-refractivity contribution < 1.29 is 13.2 Å². The van der Waals surface area contributed by atoms with E-state index >= 15 is 0 Å². The smallest absolute Gasteiger partial charge is 0.239 e. The minimum Gasteiger partial charge on any atom is -0.310 e. The number of anilines is 1. The lowest BCUT2D eigenvalue weighted by molar-refractivity contribution is -0.117. The molecule has 2 heterocycles. The molecule has 1 aliphatic rings. The van der Waals surface area contributed by atoms with Crippen LogP contribution in [0.25, 0.3) is 0 Å². The molecule has 1 saturated heterocycles. The summed E-state index contributed by atoms with van der Waals surface area (Å²) < 4.78 is 25.2. The molecule has 1 N–H and O–H groups in total. The second kappa shape index (κ2) is 8.45. The fourth-order valence-corrected chi connectivity index (χ4v) is 5.22. The molecule has 1 amide bonds. The third-order valence-electron chi connectivity index (χ3n) is 4.98. The summed E-state index contributed by atoms with van der Waals surface area (Å²) in [6, 6.07) is 9.97. The summed E-state index contributed by atoms with van der Waals surface area (Å²) in [5.74, 6) is 0.661. The fourth-order valence-electron chi connectivity index (χ4n) is 3.53. The summed E-state index contributed by atoms with van der Waals surface area (Å²) in [7, 11) is -1.12. The predicted octanol–water partition coefficient (Wildman–Crippen LogP) is 2.18. The van der Waals surface area contributed by atoms with E-state index in [0.29, 0.717) is 18.8 Å². The first-order valence-electron chi connectivity index (χ1n) is 9.58. The number of aryl methyl sites for hydroxylation is 2. The van der Waals surface area contributed by atoms with Crippen LogP contribution in [-0.4, -0.2) is 54.1 Å². The molecule has 0 radical (unpaired) electrons. The van der Waals surface area contributed by atoms with Gasteiger partial charge in [-0.3, -0.25) is 9.69 Å². The van der Waals surface area contributed by atoms with Gasteiger partial charge in [0.25, 0.3) is 0 Å². The quantitative estimate of drug-likeness (QED) is 0.765. The van der Waals surface area contributed by atoms with Gasteiger partial charge in [0.05, 0.1) is 29.8 Å². The van der Waals surface area contributed by atoms with Crippen molar-refractivity contribution in [3.05, 3.63) is 47.2 Å². The van der Waals surface area contributed by atoms with Crippen molar-refractivity contribution in [1.29, 1.82) is 0 Å². The van der Waals surface area contributed by atoms with Crippen molar-refractivity contribution >= 4 is 21.6 Å². The van der Waals surface area contributed by atoms with Gasteiger partial charge in [-0.2, -0.15) is 5.10 Å². The van der Waals surface area contributed by atoms with Crippen LogP contribution >= 0.6 is 0 Å². The summed E-state index contributed by atoms with van der Waals surface area (Å²) in [4.78, 5) is 14.5. The third-order valence-corrected chi connectivity index (χ3v) is 6.73. The van der Waals surface area contributed by atoms with Gasteiger partial charge in [-0.05, 0) is 37.9 Å². The Morgan fingerprint density at radius 1 is 1.29 bits per heavy atom. The number of benzene rings is 1. The molecule has 0 saturated carbocycles. The Bertz CT molecular complexity index is 935. The Morgan fingerprint density at radius 3 is 2.57 bits per heavy atom. The highest BCUT2D eigenvalue weighted by molar-refractivity contribution is 7.91. The number of nitrogens with zero attached hydrogens (tertiary/aromatic N) is 3. The van der Waals surface area contributed by atoms with Gasteiger partial charge in [0.2, 0.25) is 5.91 Å². The molecule has 7 nitrogen and oxygen atoms in total. The van der Waals surface area contributed by atoms with E-state index in [-0.39, 0.29) is 30.0 Å². The average Bonchev–Trinajstić information content (AvgIpc) is 3.16. The average molecular weight is 405 g/mol. The van der Waals surface area contributed by atoms with Gasteiger partial charge in [0, 0.05) is 12.6 Å². The van der Waals surface area contributed by atoms with Gasteiger partial charge in [0.15, 0.2) is 9.84 Å². The summed E-state index contributed by atoms with van der Waals surface area (Å²) in [5, 5.41) is 7.29. The van der Waals surface area contributed by atoms with Crippen molar-refractivity contribution in [2.75, 3.05) is 30.4 Å². The number of amides is 1. The number of nitrogens with one attached hydrogen (secondary N) is 1. The number of likely N-dealkylation sites (N-methyl/N-ethyl adjacent to an activating group) is 1. The molecule has 1 aromatic carbocycles. The minimum atomic E-state index is -3.02. The minimum absolute atomic E-state index is 0.0741. The molecule has 2 aromatic rings. The number of carbonyl (C=O) groups is 1. The summed E-state index contributed by atoms with van der Waals surface area (Å²) in [6.07, 6.45) is 1.54. The number of hydrogen-bond acceptors (Lipinski definition) is 5. The molecular formula is C20H28N4O3S. The Labute approximate surface area is 166 Å². The van der Waals surface area contributed by atoms with E-state index in [9.17, 15) is 13.2 Å². The first kappa shape index (κ1) is 20.5. The Morgan fingerprint density at radius 2 is 1.96 bits per heavy atom. The highest BCUT2D eigenvalue weighted by Crippen LogP contribution is 2.27. The molecule has 28 heavy (non-hydrogen) atoms. The molecule has 3 rings (SSSR count). The van der Waals surface area contributed by atoms with E-state index in [1.165, 1.54) is 5.56 Å². The molecule has 0 spiro atoms. The van der Waals surface area contributed by atoms with Crippen molar-refractivity contribution in [3.8, 4) is 0 Å². The van der Waals surface area contributed by atoms with Crippen molar-refractivity contribution in [2.24, 2.45) is 0 Å². The first-order valence-corrected chi connectivity index (χ1v) is 11.4. The zero-order chi connectivity index (χ0) is 20.3. The Kier molecular flexibility index (Phi) is 6.20. The number of rotatable bonds is 7. The van der Waals surface area contributed by atoms with Crippen LogP contribution in [0.1, 0.15) is 36.2 Å². The van der Waals surface area contributed by atoms with Crippen LogP contribution in [0.5, 0.6) is 0 Å². The molecule has 1 aromatic heterocycles. The maximum Gasteiger partial charge on any atom is 0.239 e. The molecule has 1 atom stereocenters. The summed E-state index contributed by atoms with van der Waals surface area (Å²) in [5.41, 5.74) is 3.20. The largest absolute Gasteiger partial charge is 0.310 e. The fraction of sp³-hybridized carbons (Fsp3) is 0.500. The number of aromatic nitrogens is 2. The standard InChI is InChI=1S/C20H28N4O3S/c1-4-16-5-7-17(8-6-16)12-23(3)13-20(25)21-19-11-15(2)22-24(19)18-9-10-28(26,27)14-18/h5-8,11,18H,4,9-10,12-14H2,1-3H3,(H,21,25). The van der Waals surface area contributed by atoms with E-state index in [1.54, 1.807) is 10.7 Å². The van der Waals surface area contributed by atoms with Gasteiger partial charge >= 0.3 is 0 Å². The molecule has 1 unspecified atom stereocenters. The van der Waals surface area contributed by atoms with E-state index in [4.69, 9.17) is 0 Å². The Balaban J connectivity index is 1.60. The SMILES string of the molecule is CCc1ccc(CN(C)CC(=O)Nc2cc(C)nn2C2CCS(=O)(=O)C2)cc1. The van der Waals surface area contributed by atoms with Gasteiger partial charge < -0.3 is 5.32 Å². The lowest BCUT2D eigenvalue weighted by atomic mass is 10.1. The number of sulfone groups is 1. The summed E-state index contributed by atoms with van der Waals surface area (Å²) >= 11 is 0. The van der Waals surface area contributed by atoms with E-state index in [2.05, 4.69) is 41.6 Å². The first-order chi connectivity index (χ1) is 13.3. The monoisotopic (exact) mass is 404 g/mol. The van der Waals surface area contributed by atoms with Crippen LogP contribution < -0.4 is 5.32 Å². The lowest BCUT2D eigenvalue weighted by Gasteiger charge is -2.18. The zero-order valence-corrected chi connectivity index (χ0v) is 17.5. The lowest BCUT2D eigenvalue weighted by Crippen LogP contribution is -2.31. The van der Waals surface area contributed by atoms with Gasteiger partial charge in [-0.1, -0.05) is 31.2 Å². The van der Waals surface area contributed by atoms with Crippen LogP contribution in [-0.2, 0) is 27.6 Å². The van der Waals surface area contributed by atoms with Gasteiger partial charge in [0.1, 0.15) is 5.82 Å². The number of hydrogen-bond donors (Lipinski definition) is 1. The second-order valence-corrected chi connectivity index (χ2v) is 9.79. The molecule has 1 fully saturated rings. The third kappa shape index (κ3) is 5.20. The summed E-state index contributed by atoms with van der Waals surface area (Å²) in [6.45, 7) is 4.87. The van der Waals surface area contributed by atoms with Crippen molar-refractivity contribution in [2.45, 2.75) is 39.3 Å². The molecule has 0 bridgehead atoms. The van der Waals surface area contributed by atoms with Crippen molar-refractivity contribution in [3.63, 3.8) is 0 Å².